The number of hydrogen-bond acceptors (Lipinski definition) is 4. The van der Waals surface area contributed by atoms with Gasteiger partial charge in [0.15, 0.2) is 0 Å². The first kappa shape index (κ1) is 17.7. The van der Waals surface area contributed by atoms with Crippen molar-refractivity contribution in [3.8, 4) is 5.88 Å². The van der Waals surface area contributed by atoms with E-state index in [2.05, 4.69) is 15.3 Å². The third-order valence-electron chi connectivity index (χ3n) is 3.50. The Hall–Kier alpha value is -3.16. The Morgan fingerprint density at radius 3 is 2.27 bits per heavy atom. The van der Waals surface area contributed by atoms with Crippen molar-refractivity contribution in [2.45, 2.75) is 13.2 Å². The Kier molecular flexibility index (Phi) is 5.31. The van der Waals surface area contributed by atoms with Gasteiger partial charge in [-0.2, -0.15) is 22.5 Å². The average Bonchev–Trinajstić information content (AvgIpc) is 2.66. The summed E-state index contributed by atoms with van der Waals surface area (Å²) in [5.74, 6) is -6.29. The van der Waals surface area contributed by atoms with Gasteiger partial charge in [0, 0.05) is 18.8 Å². The van der Waals surface area contributed by atoms with Crippen molar-refractivity contribution in [2.75, 3.05) is 5.32 Å². The number of aromatic nitrogens is 2. The molecule has 26 heavy (non-hydrogen) atoms. The molecule has 0 aliphatic heterocycles. The van der Waals surface area contributed by atoms with Gasteiger partial charge >= 0.3 is 0 Å². The molecule has 0 aliphatic rings. The van der Waals surface area contributed by atoms with E-state index in [0.717, 1.165) is 5.56 Å². The molecule has 134 valence electrons. The predicted molar refractivity (Wildman–Crippen MR) is 86.4 cm³/mol. The molecule has 8 heteroatoms. The third kappa shape index (κ3) is 4.08. The molecule has 2 heterocycles. The normalized spacial score (nSPS) is 10.6. The van der Waals surface area contributed by atoms with E-state index >= 15 is 0 Å². The molecule has 3 aromatic rings. The molecule has 4 nitrogen and oxygen atoms in total. The fourth-order valence-electron chi connectivity index (χ4n) is 2.20. The summed E-state index contributed by atoms with van der Waals surface area (Å²) in [5.41, 5.74) is 0.586. The highest BCUT2D eigenvalue weighted by molar-refractivity contribution is 5.46. The molecule has 0 bridgehead atoms. The van der Waals surface area contributed by atoms with Gasteiger partial charge in [-0.1, -0.05) is 30.3 Å². The van der Waals surface area contributed by atoms with E-state index in [-0.39, 0.29) is 6.54 Å². The highest BCUT2D eigenvalue weighted by Crippen LogP contribution is 2.23. The summed E-state index contributed by atoms with van der Waals surface area (Å²) in [4.78, 5) is 6.55. The van der Waals surface area contributed by atoms with Gasteiger partial charge in [0.25, 0.3) is 11.9 Å². The van der Waals surface area contributed by atoms with Crippen LogP contribution in [0.4, 0.5) is 23.2 Å². The fraction of sp³-hybridized carbons (Fsp3) is 0.111. The summed E-state index contributed by atoms with van der Waals surface area (Å²) in [7, 11) is 0. The summed E-state index contributed by atoms with van der Waals surface area (Å²) >= 11 is 0. The number of nitrogens with one attached hydrogen (secondary N) is 1. The third-order valence-corrected chi connectivity index (χ3v) is 3.50. The Morgan fingerprint density at radius 2 is 1.58 bits per heavy atom. The maximum Gasteiger partial charge on any atom is 0.253 e. The van der Waals surface area contributed by atoms with E-state index in [1.165, 1.54) is 6.20 Å². The second kappa shape index (κ2) is 7.81. The zero-order chi connectivity index (χ0) is 18.5. The number of pyridine rings is 2. The predicted octanol–water partition coefficient (Wildman–Crippen LogP) is 4.22. The van der Waals surface area contributed by atoms with Gasteiger partial charge in [-0.3, -0.25) is 0 Å². The monoisotopic (exact) mass is 363 g/mol. The van der Waals surface area contributed by atoms with Crippen LogP contribution in [0.15, 0.2) is 48.7 Å². The van der Waals surface area contributed by atoms with Crippen molar-refractivity contribution < 1.29 is 22.3 Å². The lowest BCUT2D eigenvalue weighted by atomic mass is 10.2. The van der Waals surface area contributed by atoms with Crippen LogP contribution in [-0.4, -0.2) is 9.97 Å². The number of ether oxygens (including phenoxy) is 1. The van der Waals surface area contributed by atoms with Gasteiger partial charge < -0.3 is 10.1 Å². The van der Waals surface area contributed by atoms with E-state index in [0.29, 0.717) is 18.1 Å². The number of nitrogens with zero attached hydrogens (tertiary/aromatic N) is 2. The smallest absolute Gasteiger partial charge is 0.253 e. The zero-order valence-corrected chi connectivity index (χ0v) is 13.3. The molecule has 1 aromatic carbocycles. The first-order valence-electron chi connectivity index (χ1n) is 7.60. The van der Waals surface area contributed by atoms with Crippen molar-refractivity contribution in [3.05, 3.63) is 83.3 Å². The molecule has 1 N–H and O–H groups in total. The second-order valence-corrected chi connectivity index (χ2v) is 5.33. The minimum atomic E-state index is -1.71. The Bertz CT molecular complexity index is 880. The molecule has 2 aromatic heterocycles. The summed E-state index contributed by atoms with van der Waals surface area (Å²) < 4.78 is 58.9. The summed E-state index contributed by atoms with van der Waals surface area (Å²) in [6.07, 6.45) is 1.46. The minimum Gasteiger partial charge on any atom is -0.473 e. The van der Waals surface area contributed by atoms with Crippen molar-refractivity contribution in [1.29, 1.82) is 0 Å². The average molecular weight is 363 g/mol. The van der Waals surface area contributed by atoms with Crippen LogP contribution in [0.3, 0.4) is 0 Å². The Balaban J connectivity index is 1.68. The molecule has 3 rings (SSSR count). The van der Waals surface area contributed by atoms with Gasteiger partial charge in [0.1, 0.15) is 12.3 Å². The molecule has 0 saturated heterocycles. The number of hydrogen-bond donors (Lipinski definition) is 1. The van der Waals surface area contributed by atoms with E-state index in [1.807, 2.05) is 30.3 Å². The zero-order valence-electron chi connectivity index (χ0n) is 13.3. The second-order valence-electron chi connectivity index (χ2n) is 5.33. The van der Waals surface area contributed by atoms with Crippen molar-refractivity contribution in [1.82, 2.24) is 9.97 Å². The van der Waals surface area contributed by atoms with Gasteiger partial charge in [-0.05, 0) is 17.2 Å². The van der Waals surface area contributed by atoms with Crippen LogP contribution < -0.4 is 10.1 Å². The van der Waals surface area contributed by atoms with E-state index < -0.39 is 29.2 Å². The van der Waals surface area contributed by atoms with Crippen molar-refractivity contribution >= 4 is 5.69 Å². The SMILES string of the molecule is Fc1nc(F)c(F)c(NCc2ccnc(OCc3ccccc3)c2)c1F. The summed E-state index contributed by atoms with van der Waals surface area (Å²) in [5, 5.41) is 2.33. The lowest BCUT2D eigenvalue weighted by Gasteiger charge is -2.10. The fourth-order valence-corrected chi connectivity index (χ4v) is 2.20. The molecular weight excluding hydrogens is 350 g/mol. The summed E-state index contributed by atoms with van der Waals surface area (Å²) in [6, 6.07) is 12.6. The number of rotatable bonds is 6. The summed E-state index contributed by atoms with van der Waals surface area (Å²) in [6.45, 7) is 0.204. The Labute approximate surface area is 146 Å². The highest BCUT2D eigenvalue weighted by Gasteiger charge is 2.20. The van der Waals surface area contributed by atoms with Gasteiger partial charge in [0.2, 0.25) is 17.5 Å². The lowest BCUT2D eigenvalue weighted by Crippen LogP contribution is -2.09. The van der Waals surface area contributed by atoms with Crippen LogP contribution in [0.2, 0.25) is 0 Å². The lowest BCUT2D eigenvalue weighted by molar-refractivity contribution is 0.293. The maximum absolute atomic E-state index is 13.6. The largest absolute Gasteiger partial charge is 0.473 e. The standard InChI is InChI=1S/C18H13F4N3O/c19-14-16(15(20)18(22)25-17(14)21)24-9-12-6-7-23-13(8-12)26-10-11-4-2-1-3-5-11/h1-8H,9-10H2,(H,24,25). The number of halogens is 4. The van der Waals surface area contributed by atoms with Crippen molar-refractivity contribution in [3.63, 3.8) is 0 Å². The van der Waals surface area contributed by atoms with Crippen molar-refractivity contribution in [2.24, 2.45) is 0 Å². The highest BCUT2D eigenvalue weighted by atomic mass is 19.2. The topological polar surface area (TPSA) is 47.0 Å². The Morgan fingerprint density at radius 1 is 0.885 bits per heavy atom. The molecule has 0 saturated carbocycles. The van der Waals surface area contributed by atoms with E-state index in [4.69, 9.17) is 4.74 Å². The minimum absolute atomic E-state index is 0.0963. The molecule has 0 aliphatic carbocycles. The molecule has 0 fully saturated rings. The first-order chi connectivity index (χ1) is 12.5. The molecule has 0 atom stereocenters. The van der Waals surface area contributed by atoms with Crippen LogP contribution in [0, 0.1) is 23.5 Å². The molecule has 0 spiro atoms. The molecular formula is C18H13F4N3O. The van der Waals surface area contributed by atoms with E-state index in [1.54, 1.807) is 12.1 Å². The van der Waals surface area contributed by atoms with Crippen LogP contribution in [0.25, 0.3) is 0 Å². The van der Waals surface area contributed by atoms with Crippen LogP contribution >= 0.6 is 0 Å². The van der Waals surface area contributed by atoms with Crippen LogP contribution in [0.1, 0.15) is 11.1 Å². The molecule has 0 radical (unpaired) electrons. The van der Waals surface area contributed by atoms with Gasteiger partial charge in [-0.25, -0.2) is 4.98 Å². The van der Waals surface area contributed by atoms with Gasteiger partial charge in [0.05, 0.1) is 0 Å². The maximum atomic E-state index is 13.6. The van der Waals surface area contributed by atoms with E-state index in [9.17, 15) is 17.6 Å². The number of benzene rings is 1. The number of anilines is 1. The first-order valence-corrected chi connectivity index (χ1v) is 7.60. The molecule has 0 unspecified atom stereocenters. The van der Waals surface area contributed by atoms with Crippen LogP contribution in [-0.2, 0) is 13.2 Å². The quantitative estimate of drug-likeness (QED) is 0.526. The van der Waals surface area contributed by atoms with Gasteiger partial charge in [-0.15, -0.1) is 0 Å². The molecule has 0 amide bonds. The van der Waals surface area contributed by atoms with Crippen LogP contribution in [0.5, 0.6) is 5.88 Å².